The van der Waals surface area contributed by atoms with Crippen molar-refractivity contribution in [1.29, 1.82) is 0 Å². The van der Waals surface area contributed by atoms with Crippen molar-refractivity contribution in [3.8, 4) is 0 Å². The number of benzene rings is 1. The van der Waals surface area contributed by atoms with Gasteiger partial charge in [0.1, 0.15) is 4.90 Å². The van der Waals surface area contributed by atoms with E-state index in [1.165, 1.54) is 0 Å². The van der Waals surface area contributed by atoms with Crippen LogP contribution in [0.4, 0.5) is 20.2 Å². The number of alkyl halides is 2. The van der Waals surface area contributed by atoms with Gasteiger partial charge in [-0.25, -0.2) is 17.2 Å². The second kappa shape index (κ2) is 6.76. The summed E-state index contributed by atoms with van der Waals surface area (Å²) in [6, 6.07) is 3.12. The molecule has 1 aromatic carbocycles. The Morgan fingerprint density at radius 3 is 2.52 bits per heavy atom. The molecule has 1 rings (SSSR count). The van der Waals surface area contributed by atoms with Crippen LogP contribution in [0.25, 0.3) is 0 Å². The summed E-state index contributed by atoms with van der Waals surface area (Å²) in [7, 11) is -3.13. The largest absolute Gasteiger partial charge is 0.384 e. The quantitative estimate of drug-likeness (QED) is 0.611. The third-order valence-electron chi connectivity index (χ3n) is 2.62. The number of nitro benzene ring substituents is 1. The summed E-state index contributed by atoms with van der Waals surface area (Å²) in [6.07, 6.45) is -2.81. The third kappa shape index (κ3) is 4.08. The molecule has 0 saturated carbocycles. The zero-order chi connectivity index (χ0) is 16.2. The summed E-state index contributed by atoms with van der Waals surface area (Å²) in [4.78, 5) is 9.77. The highest BCUT2D eigenvalue weighted by molar-refractivity contribution is 7.89. The first-order chi connectivity index (χ1) is 9.70. The van der Waals surface area contributed by atoms with E-state index in [-0.39, 0.29) is 16.3 Å². The Bertz CT molecular complexity index is 622. The molecule has 0 saturated heterocycles. The van der Waals surface area contributed by atoms with Gasteiger partial charge in [-0.3, -0.25) is 10.1 Å². The number of non-ortho nitro benzene ring substituents is 1. The highest BCUT2D eigenvalue weighted by Gasteiger charge is 2.27. The highest BCUT2D eigenvalue weighted by Crippen LogP contribution is 2.28. The van der Waals surface area contributed by atoms with Gasteiger partial charge in [-0.05, 0) is 13.0 Å². The van der Waals surface area contributed by atoms with Crippen LogP contribution in [0.15, 0.2) is 23.1 Å². The van der Waals surface area contributed by atoms with Crippen LogP contribution in [0.3, 0.4) is 0 Å². The first kappa shape index (κ1) is 17.2. The van der Waals surface area contributed by atoms with Crippen LogP contribution in [-0.2, 0) is 10.0 Å². The first-order valence-electron chi connectivity index (χ1n) is 5.97. The Kier molecular flexibility index (Phi) is 5.55. The Labute approximate surface area is 120 Å². The smallest absolute Gasteiger partial charge is 0.271 e. The number of nitro groups is 1. The summed E-state index contributed by atoms with van der Waals surface area (Å²) in [5.74, 6) is 0. The molecule has 7 nitrogen and oxygen atoms in total. The molecule has 10 heteroatoms. The van der Waals surface area contributed by atoms with Crippen LogP contribution in [-0.4, -0.2) is 44.2 Å². The SMILES string of the molecule is CCNc1cc([N+](=O)[O-])ccc1S(=O)(=O)N(C)CC(F)F. The predicted octanol–water partition coefficient (Wildman–Crippen LogP) is 1.91. The maximum absolute atomic E-state index is 12.3. The molecule has 0 amide bonds. The van der Waals surface area contributed by atoms with Gasteiger partial charge in [0.2, 0.25) is 10.0 Å². The lowest BCUT2D eigenvalue weighted by Crippen LogP contribution is -2.31. The van der Waals surface area contributed by atoms with Gasteiger partial charge in [0, 0.05) is 25.7 Å². The number of sulfonamides is 1. The van der Waals surface area contributed by atoms with Gasteiger partial charge in [-0.1, -0.05) is 0 Å². The Morgan fingerprint density at radius 1 is 1.43 bits per heavy atom. The molecule has 0 heterocycles. The van der Waals surface area contributed by atoms with Gasteiger partial charge in [-0.15, -0.1) is 0 Å². The van der Waals surface area contributed by atoms with Crippen molar-refractivity contribution in [2.24, 2.45) is 0 Å². The fourth-order valence-electron chi connectivity index (χ4n) is 1.65. The third-order valence-corrected chi connectivity index (χ3v) is 4.51. The predicted molar refractivity (Wildman–Crippen MR) is 73.1 cm³/mol. The maximum atomic E-state index is 12.3. The molecule has 0 radical (unpaired) electrons. The van der Waals surface area contributed by atoms with Crippen LogP contribution < -0.4 is 5.32 Å². The van der Waals surface area contributed by atoms with Crippen molar-refractivity contribution in [2.45, 2.75) is 18.2 Å². The van der Waals surface area contributed by atoms with Crippen LogP contribution in [0.1, 0.15) is 6.92 Å². The molecule has 0 aliphatic rings. The minimum Gasteiger partial charge on any atom is -0.384 e. The topological polar surface area (TPSA) is 92.5 Å². The lowest BCUT2D eigenvalue weighted by molar-refractivity contribution is -0.384. The number of hydrogen-bond donors (Lipinski definition) is 1. The van der Waals surface area contributed by atoms with Crippen molar-refractivity contribution in [3.63, 3.8) is 0 Å². The molecular formula is C11H15F2N3O4S. The van der Waals surface area contributed by atoms with Gasteiger partial charge in [0.05, 0.1) is 17.2 Å². The first-order valence-corrected chi connectivity index (χ1v) is 7.41. The van der Waals surface area contributed by atoms with Gasteiger partial charge in [0.15, 0.2) is 0 Å². The van der Waals surface area contributed by atoms with E-state index in [0.29, 0.717) is 10.8 Å². The van der Waals surface area contributed by atoms with E-state index in [1.807, 2.05) is 0 Å². The monoisotopic (exact) mass is 323 g/mol. The van der Waals surface area contributed by atoms with E-state index in [2.05, 4.69) is 5.32 Å². The van der Waals surface area contributed by atoms with Crippen molar-refractivity contribution in [3.05, 3.63) is 28.3 Å². The Morgan fingerprint density at radius 2 is 2.05 bits per heavy atom. The van der Waals surface area contributed by atoms with Crippen molar-refractivity contribution in [1.82, 2.24) is 4.31 Å². The number of rotatable bonds is 7. The van der Waals surface area contributed by atoms with Crippen molar-refractivity contribution >= 4 is 21.4 Å². The van der Waals surface area contributed by atoms with Crippen molar-refractivity contribution < 1.29 is 22.1 Å². The maximum Gasteiger partial charge on any atom is 0.271 e. The number of hydrogen-bond acceptors (Lipinski definition) is 5. The molecule has 0 unspecified atom stereocenters. The summed E-state index contributed by atoms with van der Waals surface area (Å²) in [5, 5.41) is 13.4. The number of nitrogens with one attached hydrogen (secondary N) is 1. The van der Waals surface area contributed by atoms with E-state index >= 15 is 0 Å². The van der Waals surface area contributed by atoms with E-state index in [1.54, 1.807) is 6.92 Å². The number of halogens is 2. The summed E-state index contributed by atoms with van der Waals surface area (Å²) in [6.45, 7) is 1.05. The normalized spacial score (nSPS) is 11.9. The van der Waals surface area contributed by atoms with E-state index in [0.717, 1.165) is 25.2 Å². The standard InChI is InChI=1S/C11H15F2N3O4S/c1-3-14-9-6-8(16(17)18)4-5-10(9)21(19,20)15(2)7-11(12)13/h4-6,11,14H,3,7H2,1-2H3. The molecule has 0 atom stereocenters. The van der Waals surface area contributed by atoms with Crippen LogP contribution >= 0.6 is 0 Å². The minimum atomic E-state index is -4.16. The summed E-state index contributed by atoms with van der Waals surface area (Å²) >= 11 is 0. The lowest BCUT2D eigenvalue weighted by Gasteiger charge is -2.19. The molecule has 1 N–H and O–H groups in total. The molecule has 0 aromatic heterocycles. The highest BCUT2D eigenvalue weighted by atomic mass is 32.2. The van der Waals surface area contributed by atoms with Gasteiger partial charge in [0.25, 0.3) is 12.1 Å². The average Bonchev–Trinajstić information content (AvgIpc) is 2.37. The molecule has 0 aliphatic heterocycles. The molecule has 1 aromatic rings. The average molecular weight is 323 g/mol. The second-order valence-corrected chi connectivity index (χ2v) is 6.16. The van der Waals surface area contributed by atoms with E-state index in [9.17, 15) is 27.3 Å². The Balaban J connectivity index is 3.30. The molecule has 118 valence electrons. The van der Waals surface area contributed by atoms with Crippen LogP contribution in [0.5, 0.6) is 0 Å². The summed E-state index contributed by atoms with van der Waals surface area (Å²) in [5.41, 5.74) is -0.283. The molecule has 0 aliphatic carbocycles. The van der Waals surface area contributed by atoms with E-state index in [4.69, 9.17) is 0 Å². The van der Waals surface area contributed by atoms with Gasteiger partial charge in [-0.2, -0.15) is 4.31 Å². The van der Waals surface area contributed by atoms with Gasteiger partial charge >= 0.3 is 0 Å². The fraction of sp³-hybridized carbons (Fsp3) is 0.455. The lowest BCUT2D eigenvalue weighted by atomic mass is 10.3. The zero-order valence-corrected chi connectivity index (χ0v) is 12.2. The zero-order valence-electron chi connectivity index (χ0n) is 11.4. The number of nitrogens with zero attached hydrogens (tertiary/aromatic N) is 2. The van der Waals surface area contributed by atoms with Crippen LogP contribution in [0, 0.1) is 10.1 Å². The van der Waals surface area contributed by atoms with Crippen LogP contribution in [0.2, 0.25) is 0 Å². The Hall–Kier alpha value is -1.81. The summed E-state index contributed by atoms with van der Waals surface area (Å²) < 4.78 is 49.6. The number of anilines is 1. The van der Waals surface area contributed by atoms with Gasteiger partial charge < -0.3 is 5.32 Å². The van der Waals surface area contributed by atoms with E-state index < -0.39 is 27.9 Å². The molecule has 0 bridgehead atoms. The molecule has 0 fully saturated rings. The second-order valence-electron chi connectivity index (χ2n) is 4.14. The van der Waals surface area contributed by atoms with Crippen molar-refractivity contribution in [2.75, 3.05) is 25.5 Å². The molecule has 0 spiro atoms. The molecular weight excluding hydrogens is 308 g/mol. The minimum absolute atomic E-state index is 0.00724. The molecule has 21 heavy (non-hydrogen) atoms. The fourth-order valence-corrected chi connectivity index (χ4v) is 2.94.